The minimum Gasteiger partial charge on any atom is -0.356 e. The maximum Gasteiger partial charge on any atom is 0.193 e. The first-order valence-corrected chi connectivity index (χ1v) is 12.5. The van der Waals surface area contributed by atoms with Gasteiger partial charge in [-0.2, -0.15) is 0 Å². The predicted octanol–water partition coefficient (Wildman–Crippen LogP) is 1.75. The van der Waals surface area contributed by atoms with E-state index in [1.54, 1.807) is 32.2 Å². The summed E-state index contributed by atoms with van der Waals surface area (Å²) in [5.74, 6) is 1.63. The molecule has 0 aromatic carbocycles. The first kappa shape index (κ1) is 21.5. The number of piperidine rings is 1. The number of rotatable bonds is 4. The molecular formula is C19H33N5O2S2. The van der Waals surface area contributed by atoms with Crippen molar-refractivity contribution in [3.63, 3.8) is 0 Å². The third kappa shape index (κ3) is 5.04. The van der Waals surface area contributed by atoms with Gasteiger partial charge in [0.15, 0.2) is 15.8 Å². The molecule has 2 saturated heterocycles. The molecule has 3 heterocycles. The topological polar surface area (TPSA) is 77.9 Å². The highest BCUT2D eigenvalue weighted by molar-refractivity contribution is 7.92. The predicted molar refractivity (Wildman–Crippen MR) is 116 cm³/mol. The van der Waals surface area contributed by atoms with Crippen molar-refractivity contribution in [2.75, 3.05) is 45.5 Å². The molecular weight excluding hydrogens is 394 g/mol. The minimum absolute atomic E-state index is 0.190. The number of hydrogen-bond acceptors (Lipinski definition) is 6. The van der Waals surface area contributed by atoms with Crippen LogP contribution in [0.15, 0.2) is 10.4 Å². The van der Waals surface area contributed by atoms with E-state index in [1.165, 1.54) is 5.69 Å². The Morgan fingerprint density at radius 2 is 2.07 bits per heavy atom. The first-order valence-electron chi connectivity index (χ1n) is 10.0. The molecule has 2 aliphatic heterocycles. The molecule has 2 fully saturated rings. The third-order valence-electron chi connectivity index (χ3n) is 5.86. The summed E-state index contributed by atoms with van der Waals surface area (Å²) in [6.45, 7) is 10.7. The van der Waals surface area contributed by atoms with Gasteiger partial charge in [-0.1, -0.05) is 0 Å². The lowest BCUT2D eigenvalue weighted by molar-refractivity contribution is 0.176. The fraction of sp³-hybridized carbons (Fsp3) is 0.789. The van der Waals surface area contributed by atoms with Crippen LogP contribution < -0.4 is 5.32 Å². The van der Waals surface area contributed by atoms with Gasteiger partial charge in [-0.05, 0) is 52.6 Å². The molecule has 28 heavy (non-hydrogen) atoms. The lowest BCUT2D eigenvalue weighted by atomic mass is 9.97. The van der Waals surface area contributed by atoms with E-state index < -0.39 is 14.6 Å². The number of thiazole rings is 1. The van der Waals surface area contributed by atoms with Crippen LogP contribution in [0.25, 0.3) is 0 Å². The van der Waals surface area contributed by atoms with E-state index in [1.807, 2.05) is 0 Å². The summed E-state index contributed by atoms with van der Waals surface area (Å²) < 4.78 is 23.7. The molecule has 158 valence electrons. The van der Waals surface area contributed by atoms with Crippen LogP contribution in [0.2, 0.25) is 0 Å². The number of aromatic nitrogens is 1. The maximum atomic E-state index is 12.2. The Hall–Kier alpha value is -1.19. The van der Waals surface area contributed by atoms with E-state index in [9.17, 15) is 8.42 Å². The van der Waals surface area contributed by atoms with Crippen molar-refractivity contribution in [1.29, 1.82) is 0 Å². The number of aryl methyl sites for hydroxylation is 1. The molecule has 0 radical (unpaired) electrons. The summed E-state index contributed by atoms with van der Waals surface area (Å²) >= 11 is 1.72. The molecule has 0 unspecified atom stereocenters. The molecule has 7 nitrogen and oxygen atoms in total. The smallest absolute Gasteiger partial charge is 0.193 e. The summed E-state index contributed by atoms with van der Waals surface area (Å²) in [7, 11) is -1.26. The highest BCUT2D eigenvalue weighted by atomic mass is 32.2. The molecule has 1 N–H and O–H groups in total. The molecule has 9 heteroatoms. The molecule has 0 atom stereocenters. The normalized spacial score (nSPS) is 23.7. The average molecular weight is 428 g/mol. The molecule has 0 saturated carbocycles. The Morgan fingerprint density at radius 1 is 1.36 bits per heavy atom. The molecule has 0 spiro atoms. The highest BCUT2D eigenvalue weighted by Crippen LogP contribution is 2.24. The summed E-state index contributed by atoms with van der Waals surface area (Å²) in [5, 5.41) is 6.79. The standard InChI is InChI=1S/C19H33N5O2S2/c1-15-22-17(13-27-15)12-23-7-5-16(6-8-23)11-21-18(20-4)24-9-10-28(25,26)19(2,3)14-24/h13,16H,5-12,14H2,1-4H3,(H,20,21). The fourth-order valence-electron chi connectivity index (χ4n) is 3.95. The second-order valence-electron chi connectivity index (χ2n) is 8.51. The Labute approximate surface area is 173 Å². The monoisotopic (exact) mass is 427 g/mol. The van der Waals surface area contributed by atoms with Gasteiger partial charge in [0.25, 0.3) is 0 Å². The Bertz CT molecular complexity index is 795. The van der Waals surface area contributed by atoms with Crippen LogP contribution in [0.4, 0.5) is 0 Å². The molecule has 1 aromatic heterocycles. The largest absolute Gasteiger partial charge is 0.356 e. The second-order valence-corrected chi connectivity index (χ2v) is 12.3. The van der Waals surface area contributed by atoms with E-state index in [-0.39, 0.29) is 5.75 Å². The molecule has 1 aromatic rings. The number of aliphatic imine (C=N–C) groups is 1. The van der Waals surface area contributed by atoms with Crippen molar-refractivity contribution < 1.29 is 8.42 Å². The third-order valence-corrected chi connectivity index (χ3v) is 9.22. The summed E-state index contributed by atoms with van der Waals surface area (Å²) in [6, 6.07) is 0. The van der Waals surface area contributed by atoms with Crippen LogP contribution in [-0.4, -0.2) is 79.4 Å². The number of likely N-dealkylation sites (tertiary alicyclic amines) is 1. The van der Waals surface area contributed by atoms with Gasteiger partial charge in [0.2, 0.25) is 0 Å². The summed E-state index contributed by atoms with van der Waals surface area (Å²) in [5.41, 5.74) is 1.18. The maximum absolute atomic E-state index is 12.2. The van der Waals surface area contributed by atoms with Gasteiger partial charge < -0.3 is 10.2 Å². The van der Waals surface area contributed by atoms with Gasteiger partial charge in [-0.15, -0.1) is 11.3 Å². The molecule has 2 aliphatic rings. The zero-order valence-electron chi connectivity index (χ0n) is 17.4. The average Bonchev–Trinajstić information content (AvgIpc) is 3.04. The molecule has 0 aliphatic carbocycles. The number of nitrogens with zero attached hydrogens (tertiary/aromatic N) is 4. The number of sulfone groups is 1. The molecule has 3 rings (SSSR count). The number of guanidine groups is 1. The SMILES string of the molecule is CN=C(NCC1CCN(Cc2csc(C)n2)CC1)N1CCS(=O)(=O)C(C)(C)C1. The van der Waals surface area contributed by atoms with Crippen molar-refractivity contribution in [3.8, 4) is 0 Å². The Kier molecular flexibility index (Phi) is 6.66. The lowest BCUT2D eigenvalue weighted by Crippen LogP contribution is -2.57. The Morgan fingerprint density at radius 3 is 2.64 bits per heavy atom. The summed E-state index contributed by atoms with van der Waals surface area (Å²) in [6.07, 6.45) is 2.32. The summed E-state index contributed by atoms with van der Waals surface area (Å²) in [4.78, 5) is 13.5. The van der Waals surface area contributed by atoms with Gasteiger partial charge in [0.1, 0.15) is 0 Å². The van der Waals surface area contributed by atoms with Crippen LogP contribution in [-0.2, 0) is 16.4 Å². The quantitative estimate of drug-likeness (QED) is 0.583. The van der Waals surface area contributed by atoms with Crippen LogP contribution in [0, 0.1) is 12.8 Å². The van der Waals surface area contributed by atoms with E-state index in [0.29, 0.717) is 19.0 Å². The second kappa shape index (κ2) is 8.67. The van der Waals surface area contributed by atoms with Gasteiger partial charge in [0, 0.05) is 38.6 Å². The van der Waals surface area contributed by atoms with E-state index in [4.69, 9.17) is 0 Å². The van der Waals surface area contributed by atoms with Gasteiger partial charge in [-0.3, -0.25) is 9.89 Å². The van der Waals surface area contributed by atoms with Crippen molar-refractivity contribution >= 4 is 27.1 Å². The molecule has 0 bridgehead atoms. The zero-order chi connectivity index (χ0) is 20.4. The number of nitrogens with one attached hydrogen (secondary N) is 1. The van der Waals surface area contributed by atoms with Gasteiger partial charge >= 0.3 is 0 Å². The highest BCUT2D eigenvalue weighted by Gasteiger charge is 2.41. The van der Waals surface area contributed by atoms with Gasteiger partial charge in [-0.25, -0.2) is 13.4 Å². The van der Waals surface area contributed by atoms with Crippen molar-refractivity contribution in [3.05, 3.63) is 16.1 Å². The van der Waals surface area contributed by atoms with Crippen LogP contribution >= 0.6 is 11.3 Å². The lowest BCUT2D eigenvalue weighted by Gasteiger charge is -2.39. The van der Waals surface area contributed by atoms with Crippen molar-refractivity contribution in [2.45, 2.75) is 44.9 Å². The molecule has 0 amide bonds. The minimum atomic E-state index is -3.04. The zero-order valence-corrected chi connectivity index (χ0v) is 19.1. The van der Waals surface area contributed by atoms with Crippen LogP contribution in [0.1, 0.15) is 37.4 Å². The van der Waals surface area contributed by atoms with E-state index in [2.05, 4.69) is 37.4 Å². The van der Waals surface area contributed by atoms with Crippen LogP contribution in [0.5, 0.6) is 0 Å². The Balaban J connectivity index is 1.45. The van der Waals surface area contributed by atoms with Gasteiger partial charge in [0.05, 0.1) is 21.2 Å². The fourth-order valence-corrected chi connectivity index (χ4v) is 5.92. The van der Waals surface area contributed by atoms with Crippen LogP contribution in [0.3, 0.4) is 0 Å². The van der Waals surface area contributed by atoms with Crippen molar-refractivity contribution in [2.24, 2.45) is 10.9 Å². The first-order chi connectivity index (χ1) is 13.2. The van der Waals surface area contributed by atoms with Crippen molar-refractivity contribution in [1.82, 2.24) is 20.1 Å². The van der Waals surface area contributed by atoms with E-state index in [0.717, 1.165) is 50.0 Å². The number of hydrogen-bond donors (Lipinski definition) is 1. The van der Waals surface area contributed by atoms with E-state index >= 15 is 0 Å².